The Morgan fingerprint density at radius 1 is 0.902 bits per heavy atom. The number of nitrogens with one attached hydrogen (secondary N) is 1. The Balaban J connectivity index is 1.48. The highest BCUT2D eigenvalue weighted by atomic mass is 32.2. The molecule has 2 aromatic carbocycles. The van der Waals surface area contributed by atoms with E-state index in [1.165, 1.54) is 11.1 Å². The van der Waals surface area contributed by atoms with E-state index in [9.17, 15) is 25.9 Å². The number of anilines is 1. The normalized spacial score (nSPS) is 19.7. The van der Waals surface area contributed by atoms with E-state index in [0.29, 0.717) is 45.3 Å². The van der Waals surface area contributed by atoms with Crippen LogP contribution in [0.15, 0.2) is 95.4 Å². The average Bonchev–Trinajstić information content (AvgIpc) is 3.62. The van der Waals surface area contributed by atoms with Gasteiger partial charge < -0.3 is 14.8 Å². The van der Waals surface area contributed by atoms with E-state index < -0.39 is 20.2 Å². The SMILES string of the molecule is C#CCNC1=C(/C=C/C2=[N+](CCCCS(=O)(=O)O)c3ccccc3C2(C)C)CC/C1=C/C=C1\N(CCCCS(=O)(=O)[O-])c2ccccc2C1(C)C. The van der Waals surface area contributed by atoms with Gasteiger partial charge in [0, 0.05) is 58.9 Å². The predicted octanol–water partition coefficient (Wildman–Crippen LogP) is 6.49. The fourth-order valence-corrected chi connectivity index (χ4v) is 8.78. The Morgan fingerprint density at radius 2 is 1.59 bits per heavy atom. The van der Waals surface area contributed by atoms with Crippen molar-refractivity contribution in [1.82, 2.24) is 5.32 Å². The molecule has 11 heteroatoms. The van der Waals surface area contributed by atoms with Crippen LogP contribution in [-0.2, 0) is 31.1 Å². The lowest BCUT2D eigenvalue weighted by atomic mass is 9.81. The third kappa shape index (κ3) is 8.75. The molecule has 0 spiro atoms. The molecule has 0 aromatic heterocycles. The Morgan fingerprint density at radius 3 is 2.29 bits per heavy atom. The number of rotatable bonds is 15. The maximum atomic E-state index is 11.3. The molecule has 0 atom stereocenters. The third-order valence-corrected chi connectivity index (χ3v) is 11.8. The number of allylic oxidation sites excluding steroid dienone is 7. The van der Waals surface area contributed by atoms with E-state index in [2.05, 4.69) is 97.0 Å². The van der Waals surface area contributed by atoms with E-state index in [4.69, 9.17) is 6.42 Å². The van der Waals surface area contributed by atoms with Crippen LogP contribution in [-0.4, -0.2) is 67.4 Å². The first-order valence-electron chi connectivity index (χ1n) is 17.5. The second kappa shape index (κ2) is 15.3. The van der Waals surface area contributed by atoms with Gasteiger partial charge in [0.15, 0.2) is 5.71 Å². The van der Waals surface area contributed by atoms with Gasteiger partial charge >= 0.3 is 0 Å². The largest absolute Gasteiger partial charge is 0.748 e. The Bertz CT molecular complexity index is 2080. The Hall–Kier alpha value is -3.95. The molecule has 9 nitrogen and oxygen atoms in total. The second-order valence-corrected chi connectivity index (χ2v) is 17.6. The molecule has 0 radical (unpaired) electrons. The maximum absolute atomic E-state index is 11.3. The van der Waals surface area contributed by atoms with Gasteiger partial charge in [0.2, 0.25) is 5.69 Å². The van der Waals surface area contributed by atoms with Crippen molar-refractivity contribution in [3.8, 4) is 12.3 Å². The van der Waals surface area contributed by atoms with Crippen molar-refractivity contribution < 1.29 is 30.5 Å². The number of nitrogens with zero attached hydrogens (tertiary/aromatic N) is 2. The van der Waals surface area contributed by atoms with Gasteiger partial charge in [-0.05, 0) is 74.8 Å². The molecule has 0 saturated carbocycles. The summed E-state index contributed by atoms with van der Waals surface area (Å²) in [5.41, 5.74) is 9.54. The van der Waals surface area contributed by atoms with Crippen molar-refractivity contribution in [1.29, 1.82) is 0 Å². The quantitative estimate of drug-likeness (QED) is 0.0921. The van der Waals surface area contributed by atoms with Crippen molar-refractivity contribution in [2.75, 3.05) is 36.0 Å². The lowest BCUT2D eigenvalue weighted by Gasteiger charge is -2.27. The van der Waals surface area contributed by atoms with Crippen LogP contribution in [0.3, 0.4) is 0 Å². The standard InChI is InChI=1S/C40H49N3O6S2/c1-6-25-41-38-30(21-23-36-39(2,3)32-15-7-9-17-34(32)42(36)26-11-13-28-50(44,45)46)19-20-31(38)22-24-37-40(4,5)33-16-8-10-18-35(33)43(37)27-12-14-29-51(47,48)49/h1,7-10,15-18,21-24H,11-14,19-20,25-29H2,2-5H3,(H2,44,45,46,47,48,49)/b30-21-,36-23-. The van der Waals surface area contributed by atoms with Crippen LogP contribution in [0.2, 0.25) is 0 Å². The van der Waals surface area contributed by atoms with E-state index in [1.54, 1.807) is 0 Å². The Kier molecular flexibility index (Phi) is 11.5. The smallest absolute Gasteiger partial charge is 0.264 e. The molecule has 2 aliphatic heterocycles. The van der Waals surface area contributed by atoms with Crippen molar-refractivity contribution >= 4 is 37.3 Å². The minimum atomic E-state index is -4.26. The fourth-order valence-electron chi connectivity index (χ4n) is 7.65. The van der Waals surface area contributed by atoms with E-state index in [1.807, 2.05) is 24.3 Å². The number of benzene rings is 2. The molecular formula is C40H49N3O6S2. The van der Waals surface area contributed by atoms with Crippen LogP contribution < -0.4 is 10.2 Å². The average molecular weight is 732 g/mol. The van der Waals surface area contributed by atoms with E-state index >= 15 is 0 Å². The maximum Gasteiger partial charge on any atom is 0.264 e. The van der Waals surface area contributed by atoms with Gasteiger partial charge in [0.25, 0.3) is 10.1 Å². The van der Waals surface area contributed by atoms with Crippen molar-refractivity contribution in [3.63, 3.8) is 0 Å². The number of terminal acetylenes is 1. The molecule has 0 saturated heterocycles. The molecule has 0 unspecified atom stereocenters. The van der Waals surface area contributed by atoms with Gasteiger partial charge in [-0.3, -0.25) is 4.55 Å². The summed E-state index contributed by atoms with van der Waals surface area (Å²) in [7, 11) is -8.27. The van der Waals surface area contributed by atoms with E-state index in [0.717, 1.165) is 52.5 Å². The zero-order valence-corrected chi connectivity index (χ0v) is 31.6. The molecule has 0 fully saturated rings. The van der Waals surface area contributed by atoms with Gasteiger partial charge in [-0.25, -0.2) is 8.42 Å². The lowest BCUT2D eigenvalue weighted by molar-refractivity contribution is -0.438. The monoisotopic (exact) mass is 731 g/mol. The van der Waals surface area contributed by atoms with Gasteiger partial charge in [0.05, 0.1) is 27.8 Å². The Labute approximate surface area is 304 Å². The molecule has 272 valence electrons. The number of unbranched alkanes of at least 4 members (excludes halogenated alkanes) is 2. The van der Waals surface area contributed by atoms with Crippen LogP contribution in [0.5, 0.6) is 0 Å². The summed E-state index contributed by atoms with van der Waals surface area (Å²) in [4.78, 5) is 2.25. The molecule has 2 N–H and O–H groups in total. The molecule has 51 heavy (non-hydrogen) atoms. The molecule has 2 heterocycles. The summed E-state index contributed by atoms with van der Waals surface area (Å²) < 4.78 is 67.9. The van der Waals surface area contributed by atoms with E-state index in [-0.39, 0.29) is 22.3 Å². The highest BCUT2D eigenvalue weighted by Crippen LogP contribution is 2.48. The van der Waals surface area contributed by atoms with Crippen LogP contribution in [0.4, 0.5) is 11.4 Å². The first-order valence-corrected chi connectivity index (χ1v) is 20.7. The van der Waals surface area contributed by atoms with Crippen molar-refractivity contribution in [2.45, 2.75) is 77.0 Å². The highest BCUT2D eigenvalue weighted by molar-refractivity contribution is 7.85. The summed E-state index contributed by atoms with van der Waals surface area (Å²) >= 11 is 0. The summed E-state index contributed by atoms with van der Waals surface area (Å²) in [6, 6.07) is 16.6. The number of hydrogen-bond donors (Lipinski definition) is 2. The van der Waals surface area contributed by atoms with Gasteiger partial charge in [-0.1, -0.05) is 68.3 Å². The topological polar surface area (TPSA) is 130 Å². The van der Waals surface area contributed by atoms with Crippen molar-refractivity contribution in [2.24, 2.45) is 0 Å². The summed E-state index contributed by atoms with van der Waals surface area (Å²) in [6.07, 6.45) is 17.9. The summed E-state index contributed by atoms with van der Waals surface area (Å²) in [5.74, 6) is 2.09. The molecule has 0 amide bonds. The molecule has 3 aliphatic rings. The minimum Gasteiger partial charge on any atom is -0.748 e. The van der Waals surface area contributed by atoms with Crippen LogP contribution in [0.1, 0.15) is 77.3 Å². The molecule has 1 aliphatic carbocycles. The van der Waals surface area contributed by atoms with Gasteiger partial charge in [-0.2, -0.15) is 13.0 Å². The fraction of sp³-hybridized carbons (Fsp3) is 0.425. The van der Waals surface area contributed by atoms with Gasteiger partial charge in [-0.15, -0.1) is 6.42 Å². The van der Waals surface area contributed by atoms with Gasteiger partial charge in [0.1, 0.15) is 6.54 Å². The first-order chi connectivity index (χ1) is 24.0. The predicted molar refractivity (Wildman–Crippen MR) is 204 cm³/mol. The number of hydrogen-bond acceptors (Lipinski definition) is 7. The summed E-state index contributed by atoms with van der Waals surface area (Å²) in [6.45, 7) is 10.4. The molecule has 5 rings (SSSR count). The van der Waals surface area contributed by atoms with Crippen LogP contribution in [0, 0.1) is 12.3 Å². The number of para-hydroxylation sites is 2. The minimum absolute atomic E-state index is 0.258. The highest BCUT2D eigenvalue weighted by Gasteiger charge is 2.44. The lowest BCUT2D eigenvalue weighted by Crippen LogP contribution is -2.28. The zero-order valence-electron chi connectivity index (χ0n) is 30.0. The first kappa shape index (κ1) is 38.3. The molecule has 0 bridgehead atoms. The second-order valence-electron chi connectivity index (χ2n) is 14.5. The summed E-state index contributed by atoms with van der Waals surface area (Å²) in [5, 5.41) is 3.48. The van der Waals surface area contributed by atoms with Crippen LogP contribution in [0.25, 0.3) is 0 Å². The zero-order chi connectivity index (χ0) is 37.0. The van der Waals surface area contributed by atoms with Crippen molar-refractivity contribution in [3.05, 3.63) is 107 Å². The number of fused-ring (bicyclic) bond motifs is 2. The van der Waals surface area contributed by atoms with Crippen LogP contribution >= 0.6 is 0 Å². The third-order valence-electron chi connectivity index (χ3n) is 10.2. The molecule has 2 aromatic rings. The molecular weight excluding hydrogens is 683 g/mol.